The SMILES string of the molecule is Cc1ccc(OCc2cccnc2C#N)cc1F. The molecule has 0 aliphatic heterocycles. The van der Waals surface area contributed by atoms with Gasteiger partial charge in [0.1, 0.15) is 29.9 Å². The Balaban J connectivity index is 2.12. The van der Waals surface area contributed by atoms with Gasteiger partial charge < -0.3 is 4.74 Å². The van der Waals surface area contributed by atoms with Crippen LogP contribution in [0.3, 0.4) is 0 Å². The van der Waals surface area contributed by atoms with Gasteiger partial charge >= 0.3 is 0 Å². The third-order valence-electron chi connectivity index (χ3n) is 2.53. The molecule has 90 valence electrons. The molecule has 1 aromatic heterocycles. The molecule has 0 N–H and O–H groups in total. The maximum absolute atomic E-state index is 13.3. The van der Waals surface area contributed by atoms with E-state index in [2.05, 4.69) is 4.98 Å². The predicted molar refractivity (Wildman–Crippen MR) is 64.4 cm³/mol. The first-order valence-corrected chi connectivity index (χ1v) is 5.43. The van der Waals surface area contributed by atoms with Crippen LogP contribution in [0.4, 0.5) is 4.39 Å². The average molecular weight is 242 g/mol. The largest absolute Gasteiger partial charge is 0.489 e. The number of rotatable bonds is 3. The lowest BCUT2D eigenvalue weighted by Crippen LogP contribution is -2.00. The van der Waals surface area contributed by atoms with E-state index in [0.717, 1.165) is 0 Å². The number of ether oxygens (including phenoxy) is 1. The average Bonchev–Trinajstić information content (AvgIpc) is 2.40. The molecule has 0 amide bonds. The first kappa shape index (κ1) is 12.1. The summed E-state index contributed by atoms with van der Waals surface area (Å²) in [5.41, 5.74) is 1.58. The Bertz CT molecular complexity index is 605. The van der Waals surface area contributed by atoms with Crippen LogP contribution in [0.15, 0.2) is 36.5 Å². The molecule has 1 aromatic carbocycles. The van der Waals surface area contributed by atoms with Crippen molar-refractivity contribution in [1.82, 2.24) is 4.98 Å². The number of aromatic nitrogens is 1. The van der Waals surface area contributed by atoms with Gasteiger partial charge in [-0.25, -0.2) is 9.37 Å². The van der Waals surface area contributed by atoms with Gasteiger partial charge in [0.25, 0.3) is 0 Å². The maximum Gasteiger partial charge on any atom is 0.147 e. The molecule has 1 heterocycles. The first-order valence-electron chi connectivity index (χ1n) is 5.43. The number of nitrogens with zero attached hydrogens (tertiary/aromatic N) is 2. The van der Waals surface area contributed by atoms with Gasteiger partial charge in [-0.3, -0.25) is 0 Å². The number of pyridine rings is 1. The molecule has 0 bridgehead atoms. The minimum absolute atomic E-state index is 0.194. The van der Waals surface area contributed by atoms with Crippen LogP contribution in [0.2, 0.25) is 0 Å². The van der Waals surface area contributed by atoms with Gasteiger partial charge in [0.2, 0.25) is 0 Å². The Morgan fingerprint density at radius 3 is 2.94 bits per heavy atom. The van der Waals surface area contributed by atoms with Gasteiger partial charge in [-0.2, -0.15) is 5.26 Å². The molecule has 0 unspecified atom stereocenters. The molecule has 0 saturated carbocycles. The lowest BCUT2D eigenvalue weighted by Gasteiger charge is -2.07. The molecule has 0 atom stereocenters. The second kappa shape index (κ2) is 5.28. The zero-order valence-corrected chi connectivity index (χ0v) is 9.85. The molecule has 4 heteroatoms. The monoisotopic (exact) mass is 242 g/mol. The van der Waals surface area contributed by atoms with Crippen LogP contribution < -0.4 is 4.74 Å². The molecule has 0 radical (unpaired) electrons. The smallest absolute Gasteiger partial charge is 0.147 e. The zero-order valence-electron chi connectivity index (χ0n) is 9.85. The summed E-state index contributed by atoms with van der Waals surface area (Å²) in [5, 5.41) is 8.87. The highest BCUT2D eigenvalue weighted by Gasteiger charge is 2.04. The molecule has 0 spiro atoms. The minimum atomic E-state index is -0.306. The minimum Gasteiger partial charge on any atom is -0.489 e. The fraction of sp³-hybridized carbons (Fsp3) is 0.143. The highest BCUT2D eigenvalue weighted by Crippen LogP contribution is 2.17. The Morgan fingerprint density at radius 2 is 2.22 bits per heavy atom. The van der Waals surface area contributed by atoms with Crippen LogP contribution in [0, 0.1) is 24.1 Å². The quantitative estimate of drug-likeness (QED) is 0.831. The van der Waals surface area contributed by atoms with Crippen LogP contribution in [0.5, 0.6) is 5.75 Å². The highest BCUT2D eigenvalue weighted by atomic mass is 19.1. The van der Waals surface area contributed by atoms with Crippen molar-refractivity contribution in [2.75, 3.05) is 0 Å². The van der Waals surface area contributed by atoms with Gasteiger partial charge in [0.05, 0.1) is 0 Å². The Kier molecular flexibility index (Phi) is 3.54. The number of halogens is 1. The Hall–Kier alpha value is -2.41. The summed E-state index contributed by atoms with van der Waals surface area (Å²) in [7, 11) is 0. The van der Waals surface area contributed by atoms with Crippen molar-refractivity contribution in [3.8, 4) is 11.8 Å². The number of hydrogen-bond acceptors (Lipinski definition) is 3. The molecule has 18 heavy (non-hydrogen) atoms. The first-order chi connectivity index (χ1) is 8.70. The fourth-order valence-electron chi connectivity index (χ4n) is 1.48. The van der Waals surface area contributed by atoms with Crippen molar-refractivity contribution in [2.24, 2.45) is 0 Å². The summed E-state index contributed by atoms with van der Waals surface area (Å²) in [4.78, 5) is 3.93. The summed E-state index contributed by atoms with van der Waals surface area (Å²) in [6.07, 6.45) is 1.55. The van der Waals surface area contributed by atoms with E-state index < -0.39 is 0 Å². The van der Waals surface area contributed by atoms with E-state index in [1.54, 1.807) is 37.4 Å². The normalized spacial score (nSPS) is 9.83. The molecular weight excluding hydrogens is 231 g/mol. The van der Waals surface area contributed by atoms with Gasteiger partial charge in [-0.15, -0.1) is 0 Å². The Labute approximate surface area is 104 Å². The van der Waals surface area contributed by atoms with Crippen molar-refractivity contribution >= 4 is 0 Å². The standard InChI is InChI=1S/C14H11FN2O/c1-10-4-5-12(7-13(10)15)18-9-11-3-2-6-17-14(11)8-16/h2-7H,9H2,1H3. The zero-order chi connectivity index (χ0) is 13.0. The molecule has 0 aliphatic rings. The van der Waals surface area contributed by atoms with Gasteiger partial charge in [-0.05, 0) is 24.6 Å². The van der Waals surface area contributed by atoms with Crippen LogP contribution in [-0.4, -0.2) is 4.98 Å². The lowest BCUT2D eigenvalue weighted by molar-refractivity contribution is 0.303. The van der Waals surface area contributed by atoms with Crippen molar-refractivity contribution in [3.63, 3.8) is 0 Å². The summed E-state index contributed by atoms with van der Waals surface area (Å²) in [5.74, 6) is 0.130. The third-order valence-corrected chi connectivity index (χ3v) is 2.53. The molecule has 0 aliphatic carbocycles. The Morgan fingerprint density at radius 1 is 1.39 bits per heavy atom. The van der Waals surface area contributed by atoms with Crippen molar-refractivity contribution < 1.29 is 9.13 Å². The number of benzene rings is 1. The second-order valence-electron chi connectivity index (χ2n) is 3.82. The number of nitriles is 1. The van der Waals surface area contributed by atoms with Crippen molar-refractivity contribution in [3.05, 3.63) is 59.2 Å². The number of hydrogen-bond donors (Lipinski definition) is 0. The molecule has 3 nitrogen and oxygen atoms in total. The van der Waals surface area contributed by atoms with E-state index >= 15 is 0 Å². The maximum atomic E-state index is 13.3. The van der Waals surface area contributed by atoms with Crippen molar-refractivity contribution in [2.45, 2.75) is 13.5 Å². The molecule has 2 rings (SSSR count). The summed E-state index contributed by atoms with van der Waals surface area (Å²) < 4.78 is 18.7. The number of aryl methyl sites for hydroxylation is 1. The van der Waals surface area contributed by atoms with Crippen LogP contribution in [0.25, 0.3) is 0 Å². The van der Waals surface area contributed by atoms with Crippen LogP contribution in [-0.2, 0) is 6.61 Å². The highest BCUT2D eigenvalue weighted by molar-refractivity contribution is 5.32. The third kappa shape index (κ3) is 2.64. The summed E-state index contributed by atoms with van der Waals surface area (Å²) in [6, 6.07) is 10.2. The molecular formula is C14H11FN2O. The van der Waals surface area contributed by atoms with Gasteiger partial charge in [0.15, 0.2) is 0 Å². The van der Waals surface area contributed by atoms with E-state index in [1.165, 1.54) is 6.07 Å². The van der Waals surface area contributed by atoms with Crippen LogP contribution >= 0.6 is 0 Å². The summed E-state index contributed by atoms with van der Waals surface area (Å²) >= 11 is 0. The van der Waals surface area contributed by atoms with E-state index in [0.29, 0.717) is 22.6 Å². The van der Waals surface area contributed by atoms with E-state index in [-0.39, 0.29) is 12.4 Å². The van der Waals surface area contributed by atoms with Crippen molar-refractivity contribution in [1.29, 1.82) is 5.26 Å². The molecule has 0 fully saturated rings. The van der Waals surface area contributed by atoms with E-state index in [9.17, 15) is 4.39 Å². The summed E-state index contributed by atoms with van der Waals surface area (Å²) in [6.45, 7) is 1.88. The van der Waals surface area contributed by atoms with E-state index in [1.807, 2.05) is 6.07 Å². The second-order valence-corrected chi connectivity index (χ2v) is 3.82. The van der Waals surface area contributed by atoms with Crippen LogP contribution in [0.1, 0.15) is 16.8 Å². The molecule has 2 aromatic rings. The van der Waals surface area contributed by atoms with Gasteiger partial charge in [0, 0.05) is 17.8 Å². The lowest BCUT2D eigenvalue weighted by atomic mass is 10.2. The fourth-order valence-corrected chi connectivity index (χ4v) is 1.48. The predicted octanol–water partition coefficient (Wildman–Crippen LogP) is 2.98. The molecule has 0 saturated heterocycles. The van der Waals surface area contributed by atoms with E-state index in [4.69, 9.17) is 10.00 Å². The topological polar surface area (TPSA) is 45.9 Å². The van der Waals surface area contributed by atoms with Gasteiger partial charge in [-0.1, -0.05) is 12.1 Å².